The van der Waals surface area contributed by atoms with Gasteiger partial charge < -0.3 is 10.2 Å². The summed E-state index contributed by atoms with van der Waals surface area (Å²) in [7, 11) is 1.83. The van der Waals surface area contributed by atoms with E-state index in [1.54, 1.807) is 17.3 Å². The number of aryl methyl sites for hydroxylation is 1. The summed E-state index contributed by atoms with van der Waals surface area (Å²) in [6, 6.07) is 9.89. The number of hydrogen-bond acceptors (Lipinski definition) is 3. The third-order valence-electron chi connectivity index (χ3n) is 3.60. The van der Waals surface area contributed by atoms with Crippen molar-refractivity contribution >= 4 is 17.3 Å². The van der Waals surface area contributed by atoms with Crippen molar-refractivity contribution in [1.29, 1.82) is 0 Å². The van der Waals surface area contributed by atoms with Crippen LogP contribution in [0.4, 0.5) is 11.4 Å². The first-order valence-electron chi connectivity index (χ1n) is 7.65. The van der Waals surface area contributed by atoms with Gasteiger partial charge in [-0.25, -0.2) is 0 Å². The van der Waals surface area contributed by atoms with Crippen LogP contribution in [0.15, 0.2) is 42.7 Å². The van der Waals surface area contributed by atoms with Gasteiger partial charge in [0.15, 0.2) is 0 Å². The van der Waals surface area contributed by atoms with E-state index in [1.165, 1.54) is 0 Å². The maximum Gasteiger partial charge on any atom is 0.255 e. The quantitative estimate of drug-likeness (QED) is 0.876. The second-order valence-corrected chi connectivity index (χ2v) is 5.48. The Bertz CT molecular complexity index is 640. The predicted octanol–water partition coefficient (Wildman–Crippen LogP) is 4.01. The van der Waals surface area contributed by atoms with Gasteiger partial charge >= 0.3 is 0 Å². The fourth-order valence-corrected chi connectivity index (χ4v) is 2.21. The SMILES string of the molecule is CCCCN(C)C(=O)c1cncc(Nc2ccccc2C)c1. The first-order chi connectivity index (χ1) is 10.6. The molecule has 0 spiro atoms. The lowest BCUT2D eigenvalue weighted by Crippen LogP contribution is -2.27. The number of aromatic nitrogens is 1. The first kappa shape index (κ1) is 16.0. The van der Waals surface area contributed by atoms with Gasteiger partial charge in [0.25, 0.3) is 5.91 Å². The number of anilines is 2. The molecule has 2 rings (SSSR count). The van der Waals surface area contributed by atoms with Crippen LogP contribution in [0.1, 0.15) is 35.7 Å². The van der Waals surface area contributed by atoms with E-state index >= 15 is 0 Å². The number of hydrogen-bond donors (Lipinski definition) is 1. The van der Waals surface area contributed by atoms with Crippen molar-refractivity contribution in [2.75, 3.05) is 18.9 Å². The summed E-state index contributed by atoms with van der Waals surface area (Å²) in [5.41, 5.74) is 3.61. The molecule has 1 aromatic carbocycles. The van der Waals surface area contributed by atoms with Crippen LogP contribution in [0.5, 0.6) is 0 Å². The summed E-state index contributed by atoms with van der Waals surface area (Å²) < 4.78 is 0. The number of nitrogens with one attached hydrogen (secondary N) is 1. The van der Waals surface area contributed by atoms with Gasteiger partial charge in [0.1, 0.15) is 0 Å². The van der Waals surface area contributed by atoms with Crippen LogP contribution in [-0.4, -0.2) is 29.4 Å². The molecule has 0 aliphatic carbocycles. The molecule has 0 saturated carbocycles. The lowest BCUT2D eigenvalue weighted by atomic mass is 10.2. The van der Waals surface area contributed by atoms with Crippen molar-refractivity contribution in [3.8, 4) is 0 Å². The van der Waals surface area contributed by atoms with E-state index in [0.29, 0.717) is 5.56 Å². The summed E-state index contributed by atoms with van der Waals surface area (Å²) in [4.78, 5) is 18.3. The number of carbonyl (C=O) groups excluding carboxylic acids is 1. The number of pyridine rings is 1. The number of nitrogens with zero attached hydrogens (tertiary/aromatic N) is 2. The minimum Gasteiger partial charge on any atom is -0.354 e. The van der Waals surface area contributed by atoms with Crippen LogP contribution in [0.25, 0.3) is 0 Å². The highest BCUT2D eigenvalue weighted by Gasteiger charge is 2.12. The van der Waals surface area contributed by atoms with E-state index in [2.05, 4.69) is 17.2 Å². The number of rotatable bonds is 6. The molecule has 4 heteroatoms. The average Bonchev–Trinajstić information content (AvgIpc) is 2.54. The standard InChI is InChI=1S/C18H23N3O/c1-4-5-10-21(3)18(22)15-11-16(13-19-12-15)20-17-9-7-6-8-14(17)2/h6-9,11-13,20H,4-5,10H2,1-3H3. The summed E-state index contributed by atoms with van der Waals surface area (Å²) in [5.74, 6) is 0.00869. The Hall–Kier alpha value is -2.36. The number of para-hydroxylation sites is 1. The molecular weight excluding hydrogens is 274 g/mol. The molecule has 0 aliphatic rings. The predicted molar refractivity (Wildman–Crippen MR) is 90.6 cm³/mol. The highest BCUT2D eigenvalue weighted by atomic mass is 16.2. The Morgan fingerprint density at radius 1 is 1.27 bits per heavy atom. The minimum atomic E-state index is 0.00869. The first-order valence-corrected chi connectivity index (χ1v) is 7.65. The lowest BCUT2D eigenvalue weighted by Gasteiger charge is -2.17. The topological polar surface area (TPSA) is 45.2 Å². The molecule has 0 atom stereocenters. The van der Waals surface area contributed by atoms with Gasteiger partial charge in [-0.3, -0.25) is 9.78 Å². The van der Waals surface area contributed by atoms with Crippen LogP contribution in [-0.2, 0) is 0 Å². The molecule has 22 heavy (non-hydrogen) atoms. The number of carbonyl (C=O) groups is 1. The van der Waals surface area contributed by atoms with Gasteiger partial charge in [0, 0.05) is 25.5 Å². The zero-order valence-corrected chi connectivity index (χ0v) is 13.5. The van der Waals surface area contributed by atoms with Gasteiger partial charge in [0.05, 0.1) is 17.4 Å². The molecule has 0 radical (unpaired) electrons. The van der Waals surface area contributed by atoms with Crippen molar-refractivity contribution in [2.45, 2.75) is 26.7 Å². The van der Waals surface area contributed by atoms with Crippen molar-refractivity contribution in [3.05, 3.63) is 53.9 Å². The maximum atomic E-state index is 12.4. The Morgan fingerprint density at radius 3 is 2.77 bits per heavy atom. The molecule has 0 fully saturated rings. The molecule has 4 nitrogen and oxygen atoms in total. The van der Waals surface area contributed by atoms with Crippen LogP contribution < -0.4 is 5.32 Å². The largest absolute Gasteiger partial charge is 0.354 e. The molecule has 1 amide bonds. The van der Waals surface area contributed by atoms with Crippen molar-refractivity contribution < 1.29 is 4.79 Å². The Morgan fingerprint density at radius 2 is 2.05 bits per heavy atom. The monoisotopic (exact) mass is 297 g/mol. The Balaban J connectivity index is 2.13. The van der Waals surface area contributed by atoms with E-state index < -0.39 is 0 Å². The van der Waals surface area contributed by atoms with Gasteiger partial charge in [-0.05, 0) is 31.0 Å². The minimum absolute atomic E-state index is 0.00869. The highest BCUT2D eigenvalue weighted by molar-refractivity contribution is 5.94. The smallest absolute Gasteiger partial charge is 0.255 e. The normalized spacial score (nSPS) is 10.3. The molecule has 0 saturated heterocycles. The second kappa shape index (κ2) is 7.59. The highest BCUT2D eigenvalue weighted by Crippen LogP contribution is 2.20. The maximum absolute atomic E-state index is 12.4. The van der Waals surface area contributed by atoms with Crippen LogP contribution in [0.3, 0.4) is 0 Å². The zero-order valence-electron chi connectivity index (χ0n) is 13.5. The number of amides is 1. The van der Waals surface area contributed by atoms with Crippen LogP contribution in [0, 0.1) is 6.92 Å². The zero-order chi connectivity index (χ0) is 15.9. The van der Waals surface area contributed by atoms with E-state index in [4.69, 9.17) is 0 Å². The fraction of sp³-hybridized carbons (Fsp3) is 0.333. The van der Waals surface area contributed by atoms with Crippen molar-refractivity contribution in [3.63, 3.8) is 0 Å². The molecule has 0 aliphatic heterocycles. The van der Waals surface area contributed by atoms with Crippen molar-refractivity contribution in [2.24, 2.45) is 0 Å². The molecule has 1 N–H and O–H groups in total. The Labute approximate surface area is 132 Å². The molecule has 0 unspecified atom stereocenters. The molecule has 116 valence electrons. The molecule has 1 heterocycles. The molecule has 2 aromatic rings. The summed E-state index contributed by atoms with van der Waals surface area (Å²) in [6.45, 7) is 4.93. The average molecular weight is 297 g/mol. The molecule has 1 aromatic heterocycles. The lowest BCUT2D eigenvalue weighted by molar-refractivity contribution is 0.0793. The van der Waals surface area contributed by atoms with E-state index in [-0.39, 0.29) is 5.91 Å². The second-order valence-electron chi connectivity index (χ2n) is 5.48. The fourth-order valence-electron chi connectivity index (χ4n) is 2.21. The third kappa shape index (κ3) is 4.07. The van der Waals surface area contributed by atoms with Crippen LogP contribution >= 0.6 is 0 Å². The third-order valence-corrected chi connectivity index (χ3v) is 3.60. The summed E-state index contributed by atoms with van der Waals surface area (Å²) in [5, 5.41) is 3.32. The van der Waals surface area contributed by atoms with E-state index in [1.807, 2.05) is 44.3 Å². The molecule has 0 bridgehead atoms. The van der Waals surface area contributed by atoms with Crippen LogP contribution in [0.2, 0.25) is 0 Å². The molecular formula is C18H23N3O. The summed E-state index contributed by atoms with van der Waals surface area (Å²) in [6.07, 6.45) is 5.44. The Kier molecular flexibility index (Phi) is 5.53. The van der Waals surface area contributed by atoms with Gasteiger partial charge in [-0.1, -0.05) is 31.5 Å². The van der Waals surface area contributed by atoms with Gasteiger partial charge in [-0.2, -0.15) is 0 Å². The van der Waals surface area contributed by atoms with E-state index in [0.717, 1.165) is 36.3 Å². The number of unbranched alkanes of at least 4 members (excludes halogenated alkanes) is 1. The van der Waals surface area contributed by atoms with Gasteiger partial charge in [0.2, 0.25) is 0 Å². The van der Waals surface area contributed by atoms with Gasteiger partial charge in [-0.15, -0.1) is 0 Å². The van der Waals surface area contributed by atoms with Crippen molar-refractivity contribution in [1.82, 2.24) is 9.88 Å². The number of benzene rings is 1. The van der Waals surface area contributed by atoms with E-state index in [9.17, 15) is 4.79 Å². The summed E-state index contributed by atoms with van der Waals surface area (Å²) >= 11 is 0.